The number of fused-ring (bicyclic) bond motifs is 3. The standard InChI is InChI=1S/C20H24N2O/c1-14-18-9-5-8-16-12-17(23)10-11-20(16,19(18)22-21-14)13-15-6-3-2-4-7-15/h2-4,6-7,16H,5,8-13H2,1H3,(H,21,22)/t16-,20-/m0/s1. The van der Waals surface area contributed by atoms with Crippen LogP contribution < -0.4 is 0 Å². The molecule has 0 saturated heterocycles. The average Bonchev–Trinajstić information content (AvgIpc) is 2.85. The van der Waals surface area contributed by atoms with E-state index in [9.17, 15) is 4.79 Å². The topological polar surface area (TPSA) is 45.8 Å². The van der Waals surface area contributed by atoms with Gasteiger partial charge in [0.2, 0.25) is 0 Å². The molecule has 0 bridgehead atoms. The second kappa shape index (κ2) is 5.63. The van der Waals surface area contributed by atoms with E-state index >= 15 is 0 Å². The summed E-state index contributed by atoms with van der Waals surface area (Å²) in [7, 11) is 0. The van der Waals surface area contributed by atoms with E-state index in [1.165, 1.54) is 28.9 Å². The number of nitrogens with one attached hydrogen (secondary N) is 1. The lowest BCUT2D eigenvalue weighted by Gasteiger charge is -2.42. The Morgan fingerprint density at radius 2 is 2.09 bits per heavy atom. The van der Waals surface area contributed by atoms with Crippen molar-refractivity contribution in [2.75, 3.05) is 0 Å². The number of ketones is 1. The van der Waals surface area contributed by atoms with E-state index in [1.807, 2.05) is 0 Å². The van der Waals surface area contributed by atoms with Gasteiger partial charge in [0.05, 0.1) is 5.69 Å². The van der Waals surface area contributed by atoms with Crippen LogP contribution in [0.15, 0.2) is 30.3 Å². The Balaban J connectivity index is 1.83. The van der Waals surface area contributed by atoms with E-state index < -0.39 is 0 Å². The molecule has 2 aliphatic rings. The fraction of sp³-hybridized carbons (Fsp3) is 0.500. The molecule has 2 aliphatic carbocycles. The Morgan fingerprint density at radius 1 is 1.26 bits per heavy atom. The van der Waals surface area contributed by atoms with Gasteiger partial charge in [-0.1, -0.05) is 30.3 Å². The monoisotopic (exact) mass is 308 g/mol. The molecular formula is C20H24N2O. The molecule has 120 valence electrons. The van der Waals surface area contributed by atoms with Crippen molar-refractivity contribution in [2.45, 2.75) is 57.3 Å². The third kappa shape index (κ3) is 2.43. The molecule has 1 N–H and O–H groups in total. The maximum Gasteiger partial charge on any atom is 0.133 e. The highest BCUT2D eigenvalue weighted by Gasteiger charge is 2.48. The van der Waals surface area contributed by atoms with Gasteiger partial charge in [-0.2, -0.15) is 5.10 Å². The third-order valence-electron chi connectivity index (χ3n) is 5.99. The van der Waals surface area contributed by atoms with Crippen LogP contribution in [-0.2, 0) is 23.1 Å². The molecular weight excluding hydrogens is 284 g/mol. The second-order valence-electron chi connectivity index (χ2n) is 7.33. The van der Waals surface area contributed by atoms with E-state index in [0.29, 0.717) is 18.1 Å². The lowest BCUT2D eigenvalue weighted by molar-refractivity contribution is -0.123. The van der Waals surface area contributed by atoms with Crippen molar-refractivity contribution in [3.8, 4) is 0 Å². The van der Waals surface area contributed by atoms with Crippen LogP contribution in [0.4, 0.5) is 0 Å². The molecule has 0 amide bonds. The van der Waals surface area contributed by atoms with Gasteiger partial charge in [0.1, 0.15) is 5.78 Å². The van der Waals surface area contributed by atoms with Crippen molar-refractivity contribution < 1.29 is 4.79 Å². The first kappa shape index (κ1) is 14.7. The Kier molecular flexibility index (Phi) is 3.59. The molecule has 0 spiro atoms. The van der Waals surface area contributed by atoms with Crippen LogP contribution in [0.2, 0.25) is 0 Å². The number of carbonyl (C=O) groups is 1. The average molecular weight is 308 g/mol. The van der Waals surface area contributed by atoms with Gasteiger partial charge in [-0.3, -0.25) is 9.89 Å². The Hall–Kier alpha value is -1.90. The molecule has 3 nitrogen and oxygen atoms in total. The van der Waals surface area contributed by atoms with Crippen molar-refractivity contribution in [2.24, 2.45) is 5.92 Å². The van der Waals surface area contributed by atoms with Crippen molar-refractivity contribution in [1.29, 1.82) is 0 Å². The van der Waals surface area contributed by atoms with Crippen molar-refractivity contribution in [3.63, 3.8) is 0 Å². The highest BCUT2D eigenvalue weighted by Crippen LogP contribution is 2.49. The zero-order valence-corrected chi connectivity index (χ0v) is 13.8. The van der Waals surface area contributed by atoms with Crippen LogP contribution in [-0.4, -0.2) is 16.0 Å². The van der Waals surface area contributed by atoms with E-state index in [1.54, 1.807) is 0 Å². The van der Waals surface area contributed by atoms with Crippen LogP contribution in [0, 0.1) is 12.8 Å². The molecule has 0 aliphatic heterocycles. The lowest BCUT2D eigenvalue weighted by atomic mass is 9.60. The molecule has 0 radical (unpaired) electrons. The number of hydrogen-bond donors (Lipinski definition) is 1. The molecule has 23 heavy (non-hydrogen) atoms. The first-order valence-corrected chi connectivity index (χ1v) is 8.79. The predicted molar refractivity (Wildman–Crippen MR) is 90.4 cm³/mol. The molecule has 1 aromatic carbocycles. The number of aryl methyl sites for hydroxylation is 1. The Morgan fingerprint density at radius 3 is 2.91 bits per heavy atom. The van der Waals surface area contributed by atoms with Crippen LogP contribution in [0.5, 0.6) is 0 Å². The summed E-state index contributed by atoms with van der Waals surface area (Å²) in [6, 6.07) is 10.7. The minimum absolute atomic E-state index is 0.0336. The normalized spacial score (nSPS) is 27.2. The molecule has 1 heterocycles. The van der Waals surface area contributed by atoms with Crippen LogP contribution in [0.1, 0.15) is 54.6 Å². The van der Waals surface area contributed by atoms with E-state index in [2.05, 4.69) is 42.4 Å². The summed E-state index contributed by atoms with van der Waals surface area (Å²) in [5.74, 6) is 0.877. The molecule has 1 fully saturated rings. The summed E-state index contributed by atoms with van der Waals surface area (Å²) in [4.78, 5) is 12.1. The number of aromatic nitrogens is 2. The van der Waals surface area contributed by atoms with Gasteiger partial charge in [-0.15, -0.1) is 0 Å². The molecule has 4 rings (SSSR count). The van der Waals surface area contributed by atoms with Gasteiger partial charge >= 0.3 is 0 Å². The first-order valence-electron chi connectivity index (χ1n) is 8.79. The number of aromatic amines is 1. The van der Waals surface area contributed by atoms with Gasteiger partial charge < -0.3 is 0 Å². The maximum absolute atomic E-state index is 12.1. The number of nitrogens with zero attached hydrogens (tertiary/aromatic N) is 1. The van der Waals surface area contributed by atoms with Gasteiger partial charge in [-0.25, -0.2) is 0 Å². The number of benzene rings is 1. The molecule has 0 unspecified atom stereocenters. The summed E-state index contributed by atoms with van der Waals surface area (Å²) in [5, 5.41) is 7.98. The van der Waals surface area contributed by atoms with Crippen LogP contribution in [0.25, 0.3) is 0 Å². The zero-order valence-electron chi connectivity index (χ0n) is 13.8. The number of carbonyl (C=O) groups excluding carboxylic acids is 1. The van der Waals surface area contributed by atoms with Gasteiger partial charge in [-0.05, 0) is 56.1 Å². The molecule has 2 aromatic rings. The van der Waals surface area contributed by atoms with Crippen LogP contribution >= 0.6 is 0 Å². The fourth-order valence-corrected chi connectivity index (χ4v) is 4.80. The van der Waals surface area contributed by atoms with Gasteiger partial charge in [0.15, 0.2) is 0 Å². The third-order valence-corrected chi connectivity index (χ3v) is 5.99. The summed E-state index contributed by atoms with van der Waals surface area (Å²) in [5.41, 5.74) is 5.28. The smallest absolute Gasteiger partial charge is 0.133 e. The van der Waals surface area contributed by atoms with E-state index in [4.69, 9.17) is 5.10 Å². The van der Waals surface area contributed by atoms with Gasteiger partial charge in [0, 0.05) is 24.0 Å². The van der Waals surface area contributed by atoms with E-state index in [-0.39, 0.29) is 5.41 Å². The summed E-state index contributed by atoms with van der Waals surface area (Å²) in [6.45, 7) is 2.14. The van der Waals surface area contributed by atoms with Crippen molar-refractivity contribution >= 4 is 5.78 Å². The second-order valence-corrected chi connectivity index (χ2v) is 7.33. The summed E-state index contributed by atoms with van der Waals surface area (Å²) >= 11 is 0. The quantitative estimate of drug-likeness (QED) is 0.914. The first-order chi connectivity index (χ1) is 11.2. The molecule has 3 heteroatoms. The Bertz CT molecular complexity index is 718. The number of H-pyrrole nitrogens is 1. The predicted octanol–water partition coefficient (Wildman–Crippen LogP) is 3.90. The molecule has 1 aromatic heterocycles. The number of rotatable bonds is 2. The minimum Gasteiger partial charge on any atom is -0.300 e. The summed E-state index contributed by atoms with van der Waals surface area (Å²) < 4.78 is 0. The van der Waals surface area contributed by atoms with E-state index in [0.717, 1.165) is 32.1 Å². The van der Waals surface area contributed by atoms with Crippen molar-refractivity contribution in [1.82, 2.24) is 10.2 Å². The SMILES string of the molecule is Cc1[nH]nc2c1CCC[C@H]1CC(=O)CC[C@@]21Cc1ccccc1. The summed E-state index contributed by atoms with van der Waals surface area (Å²) in [6.07, 6.45) is 6.80. The fourth-order valence-electron chi connectivity index (χ4n) is 4.80. The Labute approximate surface area is 137 Å². The maximum atomic E-state index is 12.1. The molecule has 1 saturated carbocycles. The van der Waals surface area contributed by atoms with Crippen LogP contribution in [0.3, 0.4) is 0 Å². The highest BCUT2D eigenvalue weighted by atomic mass is 16.1. The highest BCUT2D eigenvalue weighted by molar-refractivity contribution is 5.80. The van der Waals surface area contributed by atoms with Crippen molar-refractivity contribution in [3.05, 3.63) is 52.8 Å². The number of hydrogen-bond acceptors (Lipinski definition) is 2. The minimum atomic E-state index is 0.0336. The van der Waals surface area contributed by atoms with Gasteiger partial charge in [0.25, 0.3) is 0 Å². The largest absolute Gasteiger partial charge is 0.300 e. The lowest BCUT2D eigenvalue weighted by Crippen LogP contribution is -2.43. The zero-order chi connectivity index (χ0) is 15.9. The molecule has 2 atom stereocenters. The number of Topliss-reactive ketones (excluding diaryl/α,β-unsaturated/α-hetero) is 1.